The summed E-state index contributed by atoms with van der Waals surface area (Å²) in [6.07, 6.45) is 15.1. The Morgan fingerprint density at radius 3 is 1.87 bits per heavy atom. The molecule has 0 saturated heterocycles. The Bertz CT molecular complexity index is 527. The summed E-state index contributed by atoms with van der Waals surface area (Å²) in [5.74, 6) is 1.36. The number of hydrogen-bond acceptors (Lipinski definition) is 3. The summed E-state index contributed by atoms with van der Waals surface area (Å²) < 4.78 is 5.92. The van der Waals surface area contributed by atoms with Gasteiger partial charge in [-0.1, -0.05) is 113 Å². The smallest absolute Gasteiger partial charge is 0.269 e. The molecule has 0 aliphatic rings. The molecule has 0 aliphatic carbocycles. The first kappa shape index (κ1) is 31.6. The van der Waals surface area contributed by atoms with Gasteiger partial charge >= 0.3 is 0 Å². The lowest BCUT2D eigenvalue weighted by Crippen LogP contribution is -2.12. The van der Waals surface area contributed by atoms with Crippen LogP contribution in [0.5, 0.6) is 5.75 Å². The average molecular weight is 438 g/mol. The summed E-state index contributed by atoms with van der Waals surface area (Å²) in [7, 11) is 0. The van der Waals surface area contributed by atoms with Gasteiger partial charge in [0.25, 0.3) is 5.69 Å². The van der Waals surface area contributed by atoms with E-state index in [9.17, 15) is 10.1 Å². The fourth-order valence-electron chi connectivity index (χ4n) is 3.07. The van der Waals surface area contributed by atoms with Crippen molar-refractivity contribution in [1.29, 1.82) is 0 Å². The van der Waals surface area contributed by atoms with Gasteiger partial charge in [-0.05, 0) is 24.8 Å². The molecule has 0 saturated carbocycles. The van der Waals surface area contributed by atoms with Gasteiger partial charge in [-0.3, -0.25) is 10.1 Å². The van der Waals surface area contributed by atoms with E-state index in [0.29, 0.717) is 12.5 Å². The number of hydrogen-bond donors (Lipinski definition) is 0. The van der Waals surface area contributed by atoms with E-state index < -0.39 is 0 Å². The molecule has 0 fully saturated rings. The number of benzene rings is 1. The van der Waals surface area contributed by atoms with Crippen LogP contribution in [0.25, 0.3) is 0 Å². The van der Waals surface area contributed by atoms with Gasteiger partial charge in [0.05, 0.1) is 11.5 Å². The van der Waals surface area contributed by atoms with Crippen LogP contribution in [0, 0.1) is 16.0 Å². The lowest BCUT2D eigenvalue weighted by molar-refractivity contribution is -0.384. The van der Waals surface area contributed by atoms with Crippen LogP contribution in [-0.2, 0) is 6.42 Å². The van der Waals surface area contributed by atoms with Crippen molar-refractivity contribution in [2.24, 2.45) is 5.92 Å². The van der Waals surface area contributed by atoms with Crippen molar-refractivity contribution in [2.75, 3.05) is 6.61 Å². The third-order valence-electron chi connectivity index (χ3n) is 5.11. The number of ether oxygens (including phenoxy) is 1. The minimum absolute atomic E-state index is 0.134. The summed E-state index contributed by atoms with van der Waals surface area (Å²) in [4.78, 5) is 10.4. The van der Waals surface area contributed by atoms with Gasteiger partial charge in [-0.25, -0.2) is 0 Å². The quantitative estimate of drug-likeness (QED) is 0.165. The van der Waals surface area contributed by atoms with Crippen LogP contribution in [0.2, 0.25) is 0 Å². The number of nitrogens with zero attached hydrogens (tertiary/aromatic N) is 1. The average Bonchev–Trinajstić information content (AvgIpc) is 2.77. The van der Waals surface area contributed by atoms with E-state index in [0.717, 1.165) is 24.2 Å². The van der Waals surface area contributed by atoms with E-state index in [-0.39, 0.29) is 10.6 Å². The van der Waals surface area contributed by atoms with E-state index in [1.807, 2.05) is 6.92 Å². The number of rotatable bonds is 14. The van der Waals surface area contributed by atoms with Crippen LogP contribution in [0.4, 0.5) is 5.69 Å². The van der Waals surface area contributed by atoms with Gasteiger partial charge in [-0.2, -0.15) is 0 Å². The number of unbranched alkanes of at least 4 members (excludes halogenated alkanes) is 6. The highest BCUT2D eigenvalue weighted by atomic mass is 16.6. The maximum absolute atomic E-state index is 10.8. The second-order valence-electron chi connectivity index (χ2n) is 8.25. The Morgan fingerprint density at radius 2 is 1.42 bits per heavy atom. The van der Waals surface area contributed by atoms with Gasteiger partial charge in [0.1, 0.15) is 5.75 Å². The predicted octanol–water partition coefficient (Wildman–Crippen LogP) is 9.54. The van der Waals surface area contributed by atoms with E-state index in [1.165, 1.54) is 70.3 Å². The van der Waals surface area contributed by atoms with E-state index >= 15 is 0 Å². The van der Waals surface area contributed by atoms with Crippen molar-refractivity contribution in [3.05, 3.63) is 33.9 Å². The summed E-state index contributed by atoms with van der Waals surface area (Å²) in [5.41, 5.74) is 1.04. The molecule has 1 rings (SSSR count). The number of aryl methyl sites for hydroxylation is 1. The first-order chi connectivity index (χ1) is 14.9. The molecule has 1 atom stereocenters. The SMILES string of the molecule is CCC.CCCCCC(CC)COc1ccc([N+](=O)[O-])cc1CC.CCCCCCC. The molecule has 0 heterocycles. The Morgan fingerprint density at radius 1 is 0.871 bits per heavy atom. The number of nitro benzene ring substituents is 1. The van der Waals surface area contributed by atoms with Crippen molar-refractivity contribution in [2.45, 2.75) is 126 Å². The first-order valence-electron chi connectivity index (χ1n) is 12.8. The van der Waals surface area contributed by atoms with Crippen LogP contribution >= 0.6 is 0 Å². The standard InChI is InChI=1S/C17H27NO3.C7H16.C3H8/c1-4-7-8-9-14(5-2)13-21-17-11-10-16(18(19)20)12-15(17)6-3;1-3-5-7-6-4-2;1-3-2/h10-12,14H,4-9,13H2,1-3H3;3-7H2,1-2H3;3H2,1-2H3. The monoisotopic (exact) mass is 437 g/mol. The maximum Gasteiger partial charge on any atom is 0.269 e. The molecule has 4 heteroatoms. The highest BCUT2D eigenvalue weighted by molar-refractivity contribution is 5.43. The zero-order valence-electron chi connectivity index (χ0n) is 21.7. The van der Waals surface area contributed by atoms with Gasteiger partial charge in [0, 0.05) is 17.7 Å². The lowest BCUT2D eigenvalue weighted by atomic mass is 9.99. The molecule has 4 nitrogen and oxygen atoms in total. The summed E-state index contributed by atoms with van der Waals surface area (Å²) in [6, 6.07) is 4.87. The molecule has 0 spiro atoms. The minimum atomic E-state index is -0.359. The third kappa shape index (κ3) is 17.8. The van der Waals surface area contributed by atoms with Crippen LogP contribution in [0.15, 0.2) is 18.2 Å². The fourth-order valence-corrected chi connectivity index (χ4v) is 3.07. The summed E-state index contributed by atoms with van der Waals surface area (Å²) in [6.45, 7) is 15.8. The molecule has 31 heavy (non-hydrogen) atoms. The highest BCUT2D eigenvalue weighted by Gasteiger charge is 2.12. The molecule has 0 aromatic heterocycles. The molecule has 0 amide bonds. The van der Waals surface area contributed by atoms with E-state index in [1.54, 1.807) is 12.1 Å². The lowest BCUT2D eigenvalue weighted by Gasteiger charge is -2.17. The Hall–Kier alpha value is -1.58. The fraction of sp³-hybridized carbons (Fsp3) is 0.778. The minimum Gasteiger partial charge on any atom is -0.493 e. The number of non-ortho nitro benzene ring substituents is 1. The second-order valence-corrected chi connectivity index (χ2v) is 8.25. The Balaban J connectivity index is 0. The second kappa shape index (κ2) is 23.1. The molecule has 1 unspecified atom stereocenters. The molecular formula is C27H51NO3. The van der Waals surface area contributed by atoms with Gasteiger partial charge in [-0.15, -0.1) is 0 Å². The van der Waals surface area contributed by atoms with Crippen LogP contribution in [-0.4, -0.2) is 11.5 Å². The molecular weight excluding hydrogens is 386 g/mol. The van der Waals surface area contributed by atoms with Crippen LogP contribution in [0.3, 0.4) is 0 Å². The largest absolute Gasteiger partial charge is 0.493 e. The molecule has 0 radical (unpaired) electrons. The molecule has 182 valence electrons. The predicted molar refractivity (Wildman–Crippen MR) is 136 cm³/mol. The van der Waals surface area contributed by atoms with E-state index in [4.69, 9.17) is 4.74 Å². The molecule has 0 aliphatic heterocycles. The molecule has 1 aromatic carbocycles. The van der Waals surface area contributed by atoms with Crippen molar-refractivity contribution in [1.82, 2.24) is 0 Å². The molecule has 0 bridgehead atoms. The zero-order valence-corrected chi connectivity index (χ0v) is 21.7. The van der Waals surface area contributed by atoms with Crippen LogP contribution < -0.4 is 4.74 Å². The van der Waals surface area contributed by atoms with Crippen molar-refractivity contribution in [3.63, 3.8) is 0 Å². The van der Waals surface area contributed by atoms with Gasteiger partial charge in [0.2, 0.25) is 0 Å². The van der Waals surface area contributed by atoms with Crippen LogP contribution in [0.1, 0.15) is 125 Å². The molecule has 0 N–H and O–H groups in total. The topological polar surface area (TPSA) is 52.4 Å². The normalized spacial score (nSPS) is 10.9. The number of nitro groups is 1. The summed E-state index contributed by atoms with van der Waals surface area (Å²) in [5, 5.41) is 10.8. The van der Waals surface area contributed by atoms with Crippen molar-refractivity contribution < 1.29 is 9.66 Å². The first-order valence-corrected chi connectivity index (χ1v) is 12.8. The third-order valence-corrected chi connectivity index (χ3v) is 5.11. The van der Waals surface area contributed by atoms with Gasteiger partial charge < -0.3 is 4.74 Å². The van der Waals surface area contributed by atoms with Crippen molar-refractivity contribution >= 4 is 5.69 Å². The van der Waals surface area contributed by atoms with Gasteiger partial charge in [0.15, 0.2) is 0 Å². The summed E-state index contributed by atoms with van der Waals surface area (Å²) >= 11 is 0. The van der Waals surface area contributed by atoms with E-state index in [2.05, 4.69) is 41.5 Å². The maximum atomic E-state index is 10.8. The Labute approximate surface area is 193 Å². The molecule has 1 aromatic rings. The zero-order chi connectivity index (χ0) is 23.9. The van der Waals surface area contributed by atoms with Crippen molar-refractivity contribution in [3.8, 4) is 5.75 Å². The Kier molecular flexibility index (Phi) is 23.5. The highest BCUT2D eigenvalue weighted by Crippen LogP contribution is 2.26.